The van der Waals surface area contributed by atoms with Gasteiger partial charge in [0.25, 0.3) is 5.56 Å². The molecule has 4 aromatic rings. The van der Waals surface area contributed by atoms with Crippen LogP contribution in [0.3, 0.4) is 0 Å². The van der Waals surface area contributed by atoms with Crippen molar-refractivity contribution in [2.45, 2.75) is 13.0 Å². The van der Waals surface area contributed by atoms with E-state index in [-0.39, 0.29) is 16.4 Å². The molecule has 2 aromatic carbocycles. The summed E-state index contributed by atoms with van der Waals surface area (Å²) in [5.74, 6) is 0.463. The van der Waals surface area contributed by atoms with E-state index in [0.717, 1.165) is 4.70 Å². The Morgan fingerprint density at radius 2 is 1.86 bits per heavy atom. The predicted molar refractivity (Wildman–Crippen MR) is 115 cm³/mol. The normalized spacial score (nSPS) is 11.4. The Labute approximate surface area is 169 Å². The fourth-order valence-corrected chi connectivity index (χ4v) is 4.47. The van der Waals surface area contributed by atoms with Crippen LogP contribution in [0.4, 0.5) is 0 Å². The molecule has 0 bridgehead atoms. The van der Waals surface area contributed by atoms with Crippen molar-refractivity contribution in [3.8, 4) is 11.4 Å². The minimum absolute atomic E-state index is 0.122. The van der Waals surface area contributed by atoms with E-state index in [1.807, 2.05) is 30.3 Å². The highest BCUT2D eigenvalue weighted by molar-refractivity contribution is 7.24. The second-order valence-electron chi connectivity index (χ2n) is 6.33. The number of hydrogen-bond acceptors (Lipinski definition) is 5. The largest absolute Gasteiger partial charge is 0.385 e. The molecule has 0 saturated heterocycles. The standard InChI is InChI=1S/C21H17ClN2O3S/c1-27-12-6-11-24-19(13-7-2-4-9-15(13)22)23-20-17(21(24)26)18(25)14-8-3-5-10-16(14)28-20/h2-5,7-10H,6,11-12H2,1H3. The summed E-state index contributed by atoms with van der Waals surface area (Å²) in [7, 11) is 1.61. The lowest BCUT2D eigenvalue weighted by Gasteiger charge is -2.14. The van der Waals surface area contributed by atoms with E-state index in [4.69, 9.17) is 21.3 Å². The number of benzene rings is 2. The molecule has 0 N–H and O–H groups in total. The topological polar surface area (TPSA) is 61.2 Å². The molecule has 142 valence electrons. The number of ether oxygens (including phenoxy) is 1. The number of rotatable bonds is 5. The predicted octanol–water partition coefficient (Wildman–Crippen LogP) is 4.33. The molecule has 28 heavy (non-hydrogen) atoms. The van der Waals surface area contributed by atoms with Crippen LogP contribution in [0.2, 0.25) is 5.02 Å². The fourth-order valence-electron chi connectivity index (χ4n) is 3.21. The Morgan fingerprint density at radius 1 is 1.11 bits per heavy atom. The van der Waals surface area contributed by atoms with Gasteiger partial charge >= 0.3 is 0 Å². The van der Waals surface area contributed by atoms with E-state index >= 15 is 0 Å². The molecule has 0 radical (unpaired) electrons. The van der Waals surface area contributed by atoms with Gasteiger partial charge in [-0.2, -0.15) is 0 Å². The minimum Gasteiger partial charge on any atom is -0.385 e. The van der Waals surface area contributed by atoms with E-state index in [1.165, 1.54) is 15.9 Å². The zero-order chi connectivity index (χ0) is 19.7. The van der Waals surface area contributed by atoms with Crippen LogP contribution in [-0.4, -0.2) is 23.3 Å². The molecule has 2 heterocycles. The maximum Gasteiger partial charge on any atom is 0.266 e. The Bertz CT molecular complexity index is 1300. The molecule has 0 atom stereocenters. The molecule has 5 nitrogen and oxygen atoms in total. The highest BCUT2D eigenvalue weighted by Gasteiger charge is 2.18. The second kappa shape index (κ2) is 7.83. The van der Waals surface area contributed by atoms with Crippen molar-refractivity contribution in [2.75, 3.05) is 13.7 Å². The first-order chi connectivity index (χ1) is 13.6. The van der Waals surface area contributed by atoms with E-state index in [9.17, 15) is 9.59 Å². The van der Waals surface area contributed by atoms with Gasteiger partial charge in [0.05, 0.1) is 5.02 Å². The van der Waals surface area contributed by atoms with Gasteiger partial charge in [-0.1, -0.05) is 35.9 Å². The molecule has 0 fully saturated rings. The van der Waals surface area contributed by atoms with Gasteiger partial charge in [-0.25, -0.2) is 4.98 Å². The monoisotopic (exact) mass is 412 g/mol. The maximum absolute atomic E-state index is 13.3. The van der Waals surface area contributed by atoms with Crippen molar-refractivity contribution in [1.82, 2.24) is 9.55 Å². The first-order valence-electron chi connectivity index (χ1n) is 8.82. The summed E-state index contributed by atoms with van der Waals surface area (Å²) >= 11 is 7.72. The Morgan fingerprint density at radius 3 is 2.64 bits per heavy atom. The van der Waals surface area contributed by atoms with Crippen molar-refractivity contribution in [3.05, 3.63) is 74.1 Å². The highest BCUT2D eigenvalue weighted by atomic mass is 35.5. The number of fused-ring (bicyclic) bond motifs is 2. The molecular weight excluding hydrogens is 396 g/mol. The Kier molecular flexibility index (Phi) is 5.26. The molecule has 0 saturated carbocycles. The molecule has 0 aliphatic heterocycles. The van der Waals surface area contributed by atoms with E-state index in [1.54, 1.807) is 25.3 Å². The third-order valence-electron chi connectivity index (χ3n) is 4.55. The average Bonchev–Trinajstić information content (AvgIpc) is 2.70. The number of halogens is 1. The summed E-state index contributed by atoms with van der Waals surface area (Å²) in [5, 5.41) is 1.16. The maximum atomic E-state index is 13.3. The third-order valence-corrected chi connectivity index (χ3v) is 5.94. The highest BCUT2D eigenvalue weighted by Crippen LogP contribution is 2.28. The van der Waals surface area contributed by atoms with Crippen molar-refractivity contribution < 1.29 is 4.74 Å². The van der Waals surface area contributed by atoms with Crippen molar-refractivity contribution in [3.63, 3.8) is 0 Å². The molecule has 0 spiro atoms. The quantitative estimate of drug-likeness (QED) is 0.361. The van der Waals surface area contributed by atoms with Gasteiger partial charge in [0.15, 0.2) is 0 Å². The zero-order valence-electron chi connectivity index (χ0n) is 15.1. The Balaban J connectivity index is 2.08. The minimum atomic E-state index is -0.344. The van der Waals surface area contributed by atoms with Crippen LogP contribution < -0.4 is 11.0 Å². The molecule has 0 amide bonds. The van der Waals surface area contributed by atoms with Crippen LogP contribution in [0.5, 0.6) is 0 Å². The van der Waals surface area contributed by atoms with Crippen LogP contribution in [-0.2, 0) is 11.3 Å². The Hall–Kier alpha value is -2.54. The fraction of sp³-hybridized carbons (Fsp3) is 0.190. The first-order valence-corrected chi connectivity index (χ1v) is 10.0. The lowest BCUT2D eigenvalue weighted by atomic mass is 10.2. The van der Waals surface area contributed by atoms with Gasteiger partial charge in [-0.05, 0) is 30.7 Å². The summed E-state index contributed by atoms with van der Waals surface area (Å²) in [5.41, 5.74) is 0.0319. The van der Waals surface area contributed by atoms with E-state index in [0.29, 0.717) is 46.2 Å². The molecule has 4 rings (SSSR count). The van der Waals surface area contributed by atoms with Gasteiger partial charge in [-0.15, -0.1) is 11.3 Å². The summed E-state index contributed by atoms with van der Waals surface area (Å²) in [6.45, 7) is 0.879. The summed E-state index contributed by atoms with van der Waals surface area (Å²) < 4.78 is 7.45. The van der Waals surface area contributed by atoms with Crippen LogP contribution in [0.1, 0.15) is 6.42 Å². The summed E-state index contributed by atoms with van der Waals surface area (Å²) in [6.07, 6.45) is 0.617. The first kappa shape index (κ1) is 18.8. The molecule has 2 aromatic heterocycles. The third kappa shape index (κ3) is 3.24. The number of nitrogens with zero attached hydrogens (tertiary/aromatic N) is 2. The van der Waals surface area contributed by atoms with Crippen molar-refractivity contribution >= 4 is 43.2 Å². The molecule has 0 unspecified atom stereocenters. The van der Waals surface area contributed by atoms with Gasteiger partial charge in [-0.3, -0.25) is 14.2 Å². The van der Waals surface area contributed by atoms with Gasteiger partial charge in [0, 0.05) is 35.9 Å². The lowest BCUT2D eigenvalue weighted by molar-refractivity contribution is 0.190. The van der Waals surface area contributed by atoms with Crippen molar-refractivity contribution in [1.29, 1.82) is 0 Å². The molecule has 7 heteroatoms. The number of aromatic nitrogens is 2. The van der Waals surface area contributed by atoms with Gasteiger partial charge in [0.2, 0.25) is 5.43 Å². The second-order valence-corrected chi connectivity index (χ2v) is 7.76. The molecule has 0 aliphatic carbocycles. The average molecular weight is 413 g/mol. The van der Waals surface area contributed by atoms with Crippen LogP contribution in [0.25, 0.3) is 31.7 Å². The number of hydrogen-bond donors (Lipinski definition) is 0. The van der Waals surface area contributed by atoms with E-state index in [2.05, 4.69) is 0 Å². The zero-order valence-corrected chi connectivity index (χ0v) is 16.7. The van der Waals surface area contributed by atoms with E-state index < -0.39 is 0 Å². The lowest BCUT2D eigenvalue weighted by Crippen LogP contribution is -2.27. The van der Waals surface area contributed by atoms with Crippen LogP contribution >= 0.6 is 22.9 Å². The smallest absolute Gasteiger partial charge is 0.266 e. The molecule has 0 aliphatic rings. The number of methoxy groups -OCH3 is 1. The summed E-state index contributed by atoms with van der Waals surface area (Å²) in [4.78, 5) is 31.5. The van der Waals surface area contributed by atoms with Crippen LogP contribution in [0.15, 0.2) is 58.1 Å². The van der Waals surface area contributed by atoms with Crippen molar-refractivity contribution in [2.24, 2.45) is 0 Å². The van der Waals surface area contributed by atoms with Crippen LogP contribution in [0, 0.1) is 0 Å². The SMILES string of the molecule is COCCCn1c(-c2ccccc2Cl)nc2sc3ccccc3c(=O)c2c1=O. The van der Waals surface area contributed by atoms with Gasteiger partial charge < -0.3 is 4.74 Å². The summed E-state index contributed by atoms with van der Waals surface area (Å²) in [6, 6.07) is 14.5. The molecular formula is C21H17ClN2O3S. The van der Waals surface area contributed by atoms with Gasteiger partial charge in [0.1, 0.15) is 16.0 Å².